The molecule has 2 amide bonds. The summed E-state index contributed by atoms with van der Waals surface area (Å²) in [6.07, 6.45) is 9.46. The summed E-state index contributed by atoms with van der Waals surface area (Å²) in [4.78, 5) is 27.0. The van der Waals surface area contributed by atoms with E-state index >= 15 is 0 Å². The number of ether oxygens (including phenoxy) is 1. The molecule has 41 heavy (non-hydrogen) atoms. The lowest BCUT2D eigenvalue weighted by Crippen LogP contribution is -2.46. The molecule has 0 radical (unpaired) electrons. The highest BCUT2D eigenvalue weighted by molar-refractivity contribution is 5.98. The number of nitrogens with zero attached hydrogens (tertiary/aromatic N) is 1. The molecular formula is C34H49N3O4. The minimum absolute atomic E-state index is 0.0744. The number of carbonyl (C=O) groups is 2. The number of rotatable bonds is 8. The summed E-state index contributed by atoms with van der Waals surface area (Å²) < 4.78 is 7.72. The van der Waals surface area contributed by atoms with Gasteiger partial charge in [-0.05, 0) is 100 Å². The second-order valence-corrected chi connectivity index (χ2v) is 14.2. The van der Waals surface area contributed by atoms with Gasteiger partial charge in [0.05, 0.1) is 11.2 Å². The van der Waals surface area contributed by atoms with E-state index in [0.29, 0.717) is 43.1 Å². The molecule has 1 aliphatic heterocycles. The Morgan fingerprint density at radius 1 is 1.00 bits per heavy atom. The second kappa shape index (κ2) is 11.6. The Balaban J connectivity index is 1.52. The first-order valence-electron chi connectivity index (χ1n) is 15.6. The summed E-state index contributed by atoms with van der Waals surface area (Å²) in [7, 11) is 0. The fraction of sp³-hybridized carbons (Fsp3) is 0.647. The fourth-order valence-corrected chi connectivity index (χ4v) is 6.39. The molecule has 2 aromatic rings. The van der Waals surface area contributed by atoms with Gasteiger partial charge in [-0.25, -0.2) is 0 Å². The molecule has 5 rings (SSSR count). The predicted octanol–water partition coefficient (Wildman–Crippen LogP) is 5.89. The van der Waals surface area contributed by atoms with Gasteiger partial charge < -0.3 is 25.0 Å². The summed E-state index contributed by atoms with van der Waals surface area (Å²) in [5.41, 5.74) is 4.20. The van der Waals surface area contributed by atoms with Crippen molar-refractivity contribution in [3.63, 3.8) is 0 Å². The minimum atomic E-state index is -0.932. The van der Waals surface area contributed by atoms with Crippen LogP contribution in [0.5, 0.6) is 0 Å². The number of hydrogen-bond acceptors (Lipinski definition) is 4. The van der Waals surface area contributed by atoms with Crippen molar-refractivity contribution in [2.24, 2.45) is 5.92 Å². The van der Waals surface area contributed by atoms with E-state index in [9.17, 15) is 14.7 Å². The Bertz CT molecular complexity index is 1270. The quantitative estimate of drug-likeness (QED) is 0.373. The lowest BCUT2D eigenvalue weighted by atomic mass is 9.89. The molecular weight excluding hydrogens is 514 g/mol. The summed E-state index contributed by atoms with van der Waals surface area (Å²) in [6.45, 7) is 12.4. The Kier molecular flexibility index (Phi) is 8.41. The van der Waals surface area contributed by atoms with Crippen molar-refractivity contribution >= 4 is 11.8 Å². The first-order valence-corrected chi connectivity index (χ1v) is 15.6. The van der Waals surface area contributed by atoms with Gasteiger partial charge in [-0.3, -0.25) is 9.59 Å². The van der Waals surface area contributed by atoms with Crippen LogP contribution in [0.15, 0.2) is 24.3 Å². The minimum Gasteiger partial charge on any atom is -0.388 e. The average Bonchev–Trinajstić information content (AvgIpc) is 3.61. The summed E-state index contributed by atoms with van der Waals surface area (Å²) >= 11 is 0. The zero-order valence-corrected chi connectivity index (χ0v) is 25.7. The molecule has 7 heteroatoms. The molecule has 0 spiro atoms. The zero-order chi connectivity index (χ0) is 29.4. The maximum atomic E-state index is 13.6. The lowest BCUT2D eigenvalue weighted by Gasteiger charge is -2.32. The van der Waals surface area contributed by atoms with Crippen molar-refractivity contribution < 1.29 is 19.4 Å². The van der Waals surface area contributed by atoms with E-state index < -0.39 is 5.60 Å². The van der Waals surface area contributed by atoms with Gasteiger partial charge in [0, 0.05) is 61.6 Å². The normalized spacial score (nSPS) is 20.4. The van der Waals surface area contributed by atoms with E-state index in [0.717, 1.165) is 36.3 Å². The van der Waals surface area contributed by atoms with Gasteiger partial charge in [0.1, 0.15) is 0 Å². The van der Waals surface area contributed by atoms with Crippen LogP contribution in [-0.2, 0) is 16.7 Å². The van der Waals surface area contributed by atoms with E-state index in [4.69, 9.17) is 4.74 Å². The average molecular weight is 564 g/mol. The molecule has 0 unspecified atom stereocenters. The van der Waals surface area contributed by atoms with E-state index in [-0.39, 0.29) is 29.3 Å². The van der Waals surface area contributed by atoms with Gasteiger partial charge in [0.2, 0.25) is 0 Å². The Hall–Kier alpha value is -2.64. The first-order chi connectivity index (χ1) is 19.4. The van der Waals surface area contributed by atoms with Crippen LogP contribution in [0, 0.1) is 12.8 Å². The van der Waals surface area contributed by atoms with Gasteiger partial charge in [0.15, 0.2) is 0 Å². The van der Waals surface area contributed by atoms with Gasteiger partial charge in [0.25, 0.3) is 11.8 Å². The van der Waals surface area contributed by atoms with Crippen LogP contribution >= 0.6 is 0 Å². The second-order valence-electron chi connectivity index (χ2n) is 14.2. The third-order valence-electron chi connectivity index (χ3n) is 9.45. The van der Waals surface area contributed by atoms with Crippen molar-refractivity contribution in [3.05, 3.63) is 46.6 Å². The molecule has 1 saturated heterocycles. The molecule has 2 aliphatic carbocycles. The topological polar surface area (TPSA) is 92.6 Å². The highest BCUT2D eigenvalue weighted by atomic mass is 16.5. The van der Waals surface area contributed by atoms with Gasteiger partial charge in [-0.15, -0.1) is 0 Å². The van der Waals surface area contributed by atoms with Crippen molar-refractivity contribution in [2.75, 3.05) is 19.8 Å². The van der Waals surface area contributed by atoms with Crippen LogP contribution in [0.1, 0.15) is 117 Å². The summed E-state index contributed by atoms with van der Waals surface area (Å²) in [6, 6.07) is 8.29. The van der Waals surface area contributed by atoms with Crippen molar-refractivity contribution in [3.8, 4) is 11.3 Å². The number of amides is 2. The summed E-state index contributed by atoms with van der Waals surface area (Å²) in [5.74, 6) is 0.331. The van der Waals surface area contributed by atoms with Crippen molar-refractivity contribution in [1.82, 2.24) is 15.2 Å². The molecule has 3 fully saturated rings. The Morgan fingerprint density at radius 2 is 1.68 bits per heavy atom. The summed E-state index contributed by atoms with van der Waals surface area (Å²) in [5, 5.41) is 17.1. The molecule has 1 aromatic heterocycles. The molecule has 2 saturated carbocycles. The molecule has 3 N–H and O–H groups in total. The van der Waals surface area contributed by atoms with Crippen LogP contribution in [-0.4, -0.2) is 52.4 Å². The maximum absolute atomic E-state index is 13.6. The van der Waals surface area contributed by atoms with E-state index in [1.54, 1.807) is 0 Å². The number of aliphatic hydroxyl groups is 1. The number of nitrogens with one attached hydrogen (secondary N) is 2. The highest BCUT2D eigenvalue weighted by Gasteiger charge is 2.40. The number of carbonyl (C=O) groups excluding carboxylic acids is 2. The standard InChI is InChI=1S/C34H49N3O4/c1-23-28(31(39)35-22-34(40)13-15-41-16-14-34)20-29(37(23)21-24-9-7-6-8-10-24)25-17-26(30(38)36-32(2,3)4)19-27(18-25)33(5)11-12-33/h17-20,24,40H,6-16,21-22H2,1-5H3,(H,35,39)(H,36,38). The number of hydrogen-bond donors (Lipinski definition) is 3. The molecule has 7 nitrogen and oxygen atoms in total. The Morgan fingerprint density at radius 3 is 2.32 bits per heavy atom. The van der Waals surface area contributed by atoms with Crippen LogP contribution in [0.2, 0.25) is 0 Å². The van der Waals surface area contributed by atoms with Crippen molar-refractivity contribution in [1.29, 1.82) is 0 Å². The van der Waals surface area contributed by atoms with E-state index in [1.165, 1.54) is 37.7 Å². The van der Waals surface area contributed by atoms with Crippen LogP contribution in [0.3, 0.4) is 0 Å². The highest BCUT2D eigenvalue weighted by Crippen LogP contribution is 2.48. The van der Waals surface area contributed by atoms with E-state index in [2.05, 4.69) is 34.3 Å². The molecule has 0 bridgehead atoms. The predicted molar refractivity (Wildman–Crippen MR) is 162 cm³/mol. The van der Waals surface area contributed by atoms with Gasteiger partial charge in [-0.1, -0.05) is 26.2 Å². The van der Waals surface area contributed by atoms with E-state index in [1.807, 2.05) is 39.8 Å². The van der Waals surface area contributed by atoms with Crippen LogP contribution in [0.4, 0.5) is 0 Å². The first kappa shape index (κ1) is 29.8. The Labute approximate surface area is 245 Å². The number of benzene rings is 1. The van der Waals surface area contributed by atoms with Gasteiger partial charge in [-0.2, -0.15) is 0 Å². The van der Waals surface area contributed by atoms with Crippen LogP contribution < -0.4 is 10.6 Å². The number of aromatic nitrogens is 1. The fourth-order valence-electron chi connectivity index (χ4n) is 6.39. The SMILES string of the molecule is Cc1c(C(=O)NCC2(O)CCOCC2)cc(-c2cc(C(=O)NC(C)(C)C)cc(C3(C)CC3)c2)n1CC1CCCCC1. The monoisotopic (exact) mass is 563 g/mol. The smallest absolute Gasteiger partial charge is 0.253 e. The molecule has 0 atom stereocenters. The third-order valence-corrected chi connectivity index (χ3v) is 9.45. The molecule has 3 aliphatic rings. The van der Waals surface area contributed by atoms with Gasteiger partial charge >= 0.3 is 0 Å². The zero-order valence-electron chi connectivity index (χ0n) is 25.7. The lowest BCUT2D eigenvalue weighted by molar-refractivity contribution is -0.0605. The van der Waals surface area contributed by atoms with Crippen molar-refractivity contribution in [2.45, 2.75) is 116 Å². The maximum Gasteiger partial charge on any atom is 0.253 e. The third kappa shape index (κ3) is 7.06. The molecule has 224 valence electrons. The largest absolute Gasteiger partial charge is 0.388 e. The molecule has 2 heterocycles. The molecule has 1 aromatic carbocycles. The van der Waals surface area contributed by atoms with Crippen LogP contribution in [0.25, 0.3) is 11.3 Å².